The third kappa shape index (κ3) is 6.12. The molecule has 0 aliphatic carbocycles. The SMILES string of the molecule is CC(C)OCCCCNc1cc(N)cc(F)c1. The van der Waals surface area contributed by atoms with Crippen LogP contribution in [0.25, 0.3) is 0 Å². The molecule has 1 rings (SSSR count). The quantitative estimate of drug-likeness (QED) is 0.569. The fourth-order valence-corrected chi connectivity index (χ4v) is 1.49. The van der Waals surface area contributed by atoms with Gasteiger partial charge in [-0.25, -0.2) is 4.39 Å². The summed E-state index contributed by atoms with van der Waals surface area (Å²) in [5.74, 6) is -0.310. The first-order chi connectivity index (χ1) is 8.08. The molecule has 0 spiro atoms. The van der Waals surface area contributed by atoms with Crippen molar-refractivity contribution >= 4 is 11.4 Å². The predicted molar refractivity (Wildman–Crippen MR) is 69.6 cm³/mol. The minimum atomic E-state index is -0.310. The molecule has 0 aliphatic heterocycles. The minimum absolute atomic E-state index is 0.283. The van der Waals surface area contributed by atoms with Crippen LogP contribution in [-0.4, -0.2) is 19.3 Å². The van der Waals surface area contributed by atoms with Gasteiger partial charge in [0.1, 0.15) is 5.82 Å². The number of anilines is 2. The summed E-state index contributed by atoms with van der Waals surface area (Å²) in [7, 11) is 0. The van der Waals surface area contributed by atoms with Crippen molar-refractivity contribution in [3.05, 3.63) is 24.0 Å². The van der Waals surface area contributed by atoms with E-state index in [0.29, 0.717) is 5.69 Å². The molecule has 0 atom stereocenters. The van der Waals surface area contributed by atoms with Gasteiger partial charge in [0.15, 0.2) is 0 Å². The maximum Gasteiger partial charge on any atom is 0.127 e. The van der Waals surface area contributed by atoms with Gasteiger partial charge in [-0.1, -0.05) is 0 Å². The van der Waals surface area contributed by atoms with E-state index in [-0.39, 0.29) is 11.9 Å². The van der Waals surface area contributed by atoms with Gasteiger partial charge in [-0.15, -0.1) is 0 Å². The van der Waals surface area contributed by atoms with Crippen LogP contribution in [0.15, 0.2) is 18.2 Å². The molecule has 0 aliphatic rings. The highest BCUT2D eigenvalue weighted by Gasteiger charge is 1.98. The molecule has 3 N–H and O–H groups in total. The lowest BCUT2D eigenvalue weighted by Crippen LogP contribution is -2.07. The van der Waals surface area contributed by atoms with Crippen LogP contribution in [0.1, 0.15) is 26.7 Å². The van der Waals surface area contributed by atoms with E-state index in [0.717, 1.165) is 31.7 Å². The number of hydrogen-bond acceptors (Lipinski definition) is 3. The van der Waals surface area contributed by atoms with Gasteiger partial charge in [-0.05, 0) is 44.9 Å². The zero-order chi connectivity index (χ0) is 12.7. The molecule has 17 heavy (non-hydrogen) atoms. The van der Waals surface area contributed by atoms with Gasteiger partial charge in [0, 0.05) is 24.5 Å². The van der Waals surface area contributed by atoms with Crippen molar-refractivity contribution in [3.8, 4) is 0 Å². The number of nitrogen functional groups attached to an aromatic ring is 1. The monoisotopic (exact) mass is 240 g/mol. The molecular weight excluding hydrogens is 219 g/mol. The molecule has 3 nitrogen and oxygen atoms in total. The fraction of sp³-hybridized carbons (Fsp3) is 0.538. The molecule has 96 valence electrons. The summed E-state index contributed by atoms with van der Waals surface area (Å²) in [6.07, 6.45) is 2.27. The van der Waals surface area contributed by atoms with Gasteiger partial charge in [0.05, 0.1) is 6.10 Å². The topological polar surface area (TPSA) is 47.3 Å². The standard InChI is InChI=1S/C13H21FN2O/c1-10(2)17-6-4-3-5-16-13-8-11(14)7-12(15)9-13/h7-10,16H,3-6,15H2,1-2H3. The van der Waals surface area contributed by atoms with E-state index in [2.05, 4.69) is 5.32 Å². The lowest BCUT2D eigenvalue weighted by Gasteiger charge is -2.09. The molecule has 0 radical (unpaired) electrons. The Balaban J connectivity index is 2.18. The Morgan fingerprint density at radius 2 is 2.06 bits per heavy atom. The first kappa shape index (κ1) is 13.8. The van der Waals surface area contributed by atoms with Crippen molar-refractivity contribution in [3.63, 3.8) is 0 Å². The van der Waals surface area contributed by atoms with Crippen LogP contribution in [0.3, 0.4) is 0 Å². The van der Waals surface area contributed by atoms with Crippen molar-refractivity contribution in [2.24, 2.45) is 0 Å². The maximum absolute atomic E-state index is 13.0. The summed E-state index contributed by atoms with van der Waals surface area (Å²) < 4.78 is 18.4. The Hall–Kier alpha value is -1.29. The van der Waals surface area contributed by atoms with Crippen LogP contribution in [0, 0.1) is 5.82 Å². The minimum Gasteiger partial charge on any atom is -0.399 e. The summed E-state index contributed by atoms with van der Waals surface area (Å²) >= 11 is 0. The molecule has 0 saturated carbocycles. The molecule has 0 saturated heterocycles. The van der Waals surface area contributed by atoms with Gasteiger partial charge in [0.25, 0.3) is 0 Å². The lowest BCUT2D eigenvalue weighted by atomic mass is 10.2. The van der Waals surface area contributed by atoms with Gasteiger partial charge in [-0.3, -0.25) is 0 Å². The maximum atomic E-state index is 13.0. The molecule has 0 amide bonds. The van der Waals surface area contributed by atoms with Crippen molar-refractivity contribution in [2.45, 2.75) is 32.8 Å². The zero-order valence-electron chi connectivity index (χ0n) is 10.5. The Bertz CT molecular complexity index is 322. The van der Waals surface area contributed by atoms with Gasteiger partial charge < -0.3 is 15.8 Å². The van der Waals surface area contributed by atoms with E-state index in [1.165, 1.54) is 12.1 Å². The second kappa shape index (κ2) is 7.12. The van der Waals surface area contributed by atoms with Crippen LogP contribution in [0.4, 0.5) is 15.8 Å². The number of nitrogens with two attached hydrogens (primary N) is 1. The molecule has 4 heteroatoms. The molecule has 0 bridgehead atoms. The fourth-order valence-electron chi connectivity index (χ4n) is 1.49. The molecule has 1 aromatic carbocycles. The third-order valence-corrected chi connectivity index (χ3v) is 2.27. The van der Waals surface area contributed by atoms with E-state index in [1.807, 2.05) is 13.8 Å². The summed E-state index contributed by atoms with van der Waals surface area (Å²) in [5, 5.41) is 3.14. The number of rotatable bonds is 7. The molecule has 0 unspecified atom stereocenters. The van der Waals surface area contributed by atoms with E-state index in [4.69, 9.17) is 10.5 Å². The normalized spacial score (nSPS) is 10.8. The average molecular weight is 240 g/mol. The van der Waals surface area contributed by atoms with Crippen molar-refractivity contribution in [2.75, 3.05) is 24.2 Å². The van der Waals surface area contributed by atoms with Gasteiger partial charge >= 0.3 is 0 Å². The van der Waals surface area contributed by atoms with E-state index in [1.54, 1.807) is 6.07 Å². The summed E-state index contributed by atoms with van der Waals surface area (Å²) in [6.45, 7) is 5.61. The van der Waals surface area contributed by atoms with Crippen LogP contribution in [0.2, 0.25) is 0 Å². The van der Waals surface area contributed by atoms with Crippen molar-refractivity contribution < 1.29 is 9.13 Å². The Morgan fingerprint density at radius 3 is 2.71 bits per heavy atom. The van der Waals surface area contributed by atoms with Crippen molar-refractivity contribution in [1.82, 2.24) is 0 Å². The largest absolute Gasteiger partial charge is 0.399 e. The summed E-state index contributed by atoms with van der Waals surface area (Å²) in [6, 6.07) is 4.48. The summed E-state index contributed by atoms with van der Waals surface area (Å²) in [4.78, 5) is 0. The van der Waals surface area contributed by atoms with E-state index < -0.39 is 0 Å². The molecule has 1 aromatic rings. The predicted octanol–water partition coefficient (Wildman–Crippen LogP) is 3.03. The van der Waals surface area contributed by atoms with Crippen LogP contribution in [0.5, 0.6) is 0 Å². The molecule has 0 heterocycles. The van der Waals surface area contributed by atoms with E-state index in [9.17, 15) is 4.39 Å². The van der Waals surface area contributed by atoms with E-state index >= 15 is 0 Å². The highest BCUT2D eigenvalue weighted by molar-refractivity contribution is 5.54. The number of benzene rings is 1. The van der Waals surface area contributed by atoms with Crippen LogP contribution >= 0.6 is 0 Å². The zero-order valence-corrected chi connectivity index (χ0v) is 10.5. The number of nitrogens with one attached hydrogen (secondary N) is 1. The second-order valence-electron chi connectivity index (χ2n) is 4.33. The highest BCUT2D eigenvalue weighted by atomic mass is 19.1. The summed E-state index contributed by atoms with van der Waals surface area (Å²) in [5.41, 5.74) is 6.71. The number of ether oxygens (including phenoxy) is 1. The average Bonchev–Trinajstić information content (AvgIpc) is 2.21. The number of hydrogen-bond donors (Lipinski definition) is 2. The lowest BCUT2D eigenvalue weighted by molar-refractivity contribution is 0.0765. The first-order valence-electron chi connectivity index (χ1n) is 5.99. The molecule has 0 aromatic heterocycles. The molecule has 0 fully saturated rings. The van der Waals surface area contributed by atoms with Crippen LogP contribution in [-0.2, 0) is 4.74 Å². The van der Waals surface area contributed by atoms with Gasteiger partial charge in [-0.2, -0.15) is 0 Å². The molecular formula is C13H21FN2O. The number of halogens is 1. The smallest absolute Gasteiger partial charge is 0.127 e. The van der Waals surface area contributed by atoms with Crippen LogP contribution < -0.4 is 11.1 Å². The Labute approximate surface area is 102 Å². The second-order valence-corrected chi connectivity index (χ2v) is 4.33. The third-order valence-electron chi connectivity index (χ3n) is 2.27. The first-order valence-corrected chi connectivity index (χ1v) is 5.99. The van der Waals surface area contributed by atoms with Gasteiger partial charge in [0.2, 0.25) is 0 Å². The number of unbranched alkanes of at least 4 members (excludes halogenated alkanes) is 1. The Kier molecular flexibility index (Phi) is 5.77. The Morgan fingerprint density at radius 1 is 1.29 bits per heavy atom. The highest BCUT2D eigenvalue weighted by Crippen LogP contribution is 2.15. The van der Waals surface area contributed by atoms with Crippen molar-refractivity contribution in [1.29, 1.82) is 0 Å².